The second kappa shape index (κ2) is 4.93. The predicted molar refractivity (Wildman–Crippen MR) is 69.4 cm³/mol. The van der Waals surface area contributed by atoms with Gasteiger partial charge in [-0.1, -0.05) is 6.07 Å². The Morgan fingerprint density at radius 2 is 2.05 bits per heavy atom. The number of rotatable bonds is 3. The summed E-state index contributed by atoms with van der Waals surface area (Å²) in [5.41, 5.74) is 2.26. The van der Waals surface area contributed by atoms with Gasteiger partial charge in [0.15, 0.2) is 0 Å². The fourth-order valence-corrected chi connectivity index (χ4v) is 1.86. The monoisotopic (exact) mass is 259 g/mol. The number of aromatic amines is 1. The first-order chi connectivity index (χ1) is 8.99. The van der Waals surface area contributed by atoms with Gasteiger partial charge in [0.25, 0.3) is 5.91 Å². The van der Waals surface area contributed by atoms with Gasteiger partial charge in [0.1, 0.15) is 0 Å². The van der Waals surface area contributed by atoms with Gasteiger partial charge in [-0.3, -0.25) is 9.89 Å². The normalized spacial score (nSPS) is 10.2. The van der Waals surface area contributed by atoms with Gasteiger partial charge in [0, 0.05) is 6.20 Å². The third kappa shape index (κ3) is 2.62. The molecule has 0 radical (unpaired) electrons. The van der Waals surface area contributed by atoms with Gasteiger partial charge in [-0.2, -0.15) is 5.10 Å². The molecule has 0 aliphatic rings. The molecule has 1 aromatic heterocycles. The summed E-state index contributed by atoms with van der Waals surface area (Å²) in [6.07, 6.45) is 2.82. The van der Waals surface area contributed by atoms with Crippen LogP contribution in [0.25, 0.3) is 0 Å². The molecule has 0 saturated carbocycles. The number of carbonyl (C=O) groups is 2. The van der Waals surface area contributed by atoms with E-state index >= 15 is 0 Å². The van der Waals surface area contributed by atoms with E-state index in [9.17, 15) is 14.7 Å². The molecule has 1 amide bonds. The lowest BCUT2D eigenvalue weighted by Crippen LogP contribution is -2.15. The predicted octanol–water partition coefficient (Wildman–Crippen LogP) is 1.98. The number of H-pyrrole nitrogens is 1. The van der Waals surface area contributed by atoms with Gasteiger partial charge >= 0.3 is 5.97 Å². The molecule has 0 unspecified atom stereocenters. The van der Waals surface area contributed by atoms with E-state index in [4.69, 9.17) is 0 Å². The molecular formula is C13H13N3O3. The zero-order valence-electron chi connectivity index (χ0n) is 10.5. The fourth-order valence-electron chi connectivity index (χ4n) is 1.86. The standard InChI is InChI=1S/C13H13N3O3/c1-7-3-8(2)11(10(4-7)13(18)19)16-12(17)9-5-14-15-6-9/h3-6H,1-2H3,(H,14,15)(H,16,17)(H,18,19). The van der Waals surface area contributed by atoms with E-state index in [1.807, 2.05) is 6.07 Å². The first-order valence-electron chi connectivity index (χ1n) is 5.63. The quantitative estimate of drug-likeness (QED) is 0.785. The average molecular weight is 259 g/mol. The highest BCUT2D eigenvalue weighted by atomic mass is 16.4. The largest absolute Gasteiger partial charge is 0.478 e. The number of amides is 1. The Balaban J connectivity index is 2.39. The van der Waals surface area contributed by atoms with Gasteiger partial charge in [-0.15, -0.1) is 0 Å². The SMILES string of the molecule is Cc1cc(C)c(NC(=O)c2cn[nH]c2)c(C(=O)O)c1. The lowest BCUT2D eigenvalue weighted by molar-refractivity contribution is 0.0698. The van der Waals surface area contributed by atoms with Gasteiger partial charge in [0.05, 0.1) is 23.0 Å². The number of nitrogens with one attached hydrogen (secondary N) is 2. The number of carboxylic acid groups (broad SMARTS) is 1. The van der Waals surface area contributed by atoms with Gasteiger partial charge < -0.3 is 10.4 Å². The molecule has 6 heteroatoms. The first-order valence-corrected chi connectivity index (χ1v) is 5.63. The summed E-state index contributed by atoms with van der Waals surface area (Å²) in [5, 5.41) is 18.0. The molecule has 1 aromatic carbocycles. The molecule has 0 fully saturated rings. The van der Waals surface area contributed by atoms with E-state index < -0.39 is 11.9 Å². The minimum absolute atomic E-state index is 0.0781. The summed E-state index contributed by atoms with van der Waals surface area (Å²) in [6.45, 7) is 3.56. The van der Waals surface area contributed by atoms with Crippen LogP contribution in [0.2, 0.25) is 0 Å². The van der Waals surface area contributed by atoms with Crippen LogP contribution in [-0.4, -0.2) is 27.2 Å². The Hall–Kier alpha value is -2.63. The molecule has 0 atom stereocenters. The number of anilines is 1. The number of hydrogen-bond donors (Lipinski definition) is 3. The van der Waals surface area contributed by atoms with Gasteiger partial charge in [0.2, 0.25) is 0 Å². The number of benzene rings is 1. The maximum atomic E-state index is 11.9. The van der Waals surface area contributed by atoms with E-state index in [2.05, 4.69) is 15.5 Å². The highest BCUT2D eigenvalue weighted by molar-refractivity contribution is 6.08. The number of aromatic carboxylic acids is 1. The molecule has 2 aromatic rings. The smallest absolute Gasteiger partial charge is 0.337 e. The van der Waals surface area contributed by atoms with Crippen LogP contribution in [0.3, 0.4) is 0 Å². The van der Waals surface area contributed by atoms with E-state index in [0.29, 0.717) is 16.8 Å². The van der Waals surface area contributed by atoms with Crippen LogP contribution in [0.4, 0.5) is 5.69 Å². The van der Waals surface area contributed by atoms with Crippen LogP contribution in [0.5, 0.6) is 0 Å². The number of nitrogens with zero attached hydrogens (tertiary/aromatic N) is 1. The number of hydrogen-bond acceptors (Lipinski definition) is 3. The Bertz CT molecular complexity index is 633. The van der Waals surface area contributed by atoms with E-state index in [0.717, 1.165) is 5.56 Å². The van der Waals surface area contributed by atoms with E-state index in [-0.39, 0.29) is 5.56 Å². The van der Waals surface area contributed by atoms with Crippen LogP contribution < -0.4 is 5.32 Å². The van der Waals surface area contributed by atoms with E-state index in [1.54, 1.807) is 13.8 Å². The molecule has 0 spiro atoms. The van der Waals surface area contributed by atoms with Crippen molar-refractivity contribution >= 4 is 17.6 Å². The van der Waals surface area contributed by atoms with Crippen LogP contribution in [0, 0.1) is 13.8 Å². The van der Waals surface area contributed by atoms with E-state index in [1.165, 1.54) is 18.5 Å². The number of aromatic nitrogens is 2. The third-order valence-electron chi connectivity index (χ3n) is 2.71. The number of carbonyl (C=O) groups excluding carboxylic acids is 1. The Kier molecular flexibility index (Phi) is 3.33. The summed E-state index contributed by atoms with van der Waals surface area (Å²) >= 11 is 0. The average Bonchev–Trinajstić information content (AvgIpc) is 2.85. The highest BCUT2D eigenvalue weighted by Gasteiger charge is 2.16. The molecule has 19 heavy (non-hydrogen) atoms. The topological polar surface area (TPSA) is 95.1 Å². The van der Waals surface area contributed by atoms with Crippen molar-refractivity contribution < 1.29 is 14.7 Å². The summed E-state index contributed by atoms with van der Waals surface area (Å²) in [5.74, 6) is -1.47. The van der Waals surface area contributed by atoms with Crippen molar-refractivity contribution in [3.05, 3.63) is 46.8 Å². The molecule has 0 saturated heterocycles. The lowest BCUT2D eigenvalue weighted by Gasteiger charge is -2.12. The highest BCUT2D eigenvalue weighted by Crippen LogP contribution is 2.23. The number of carboxylic acids is 1. The molecule has 3 N–H and O–H groups in total. The summed E-state index contributed by atoms with van der Waals surface area (Å²) in [4.78, 5) is 23.1. The van der Waals surface area contributed by atoms with Crippen molar-refractivity contribution in [3.63, 3.8) is 0 Å². The van der Waals surface area contributed by atoms with Crippen molar-refractivity contribution in [2.45, 2.75) is 13.8 Å². The Morgan fingerprint density at radius 3 is 2.63 bits per heavy atom. The zero-order valence-corrected chi connectivity index (χ0v) is 10.5. The second-order valence-corrected chi connectivity index (χ2v) is 4.25. The molecular weight excluding hydrogens is 246 g/mol. The van der Waals surface area contributed by atoms with Gasteiger partial charge in [-0.25, -0.2) is 4.79 Å². The van der Waals surface area contributed by atoms with Crippen LogP contribution >= 0.6 is 0 Å². The van der Waals surface area contributed by atoms with Crippen LogP contribution in [-0.2, 0) is 0 Å². The molecule has 2 rings (SSSR count). The molecule has 6 nitrogen and oxygen atoms in total. The van der Waals surface area contributed by atoms with Gasteiger partial charge in [-0.05, 0) is 31.0 Å². The summed E-state index contributed by atoms with van der Waals surface area (Å²) < 4.78 is 0. The van der Waals surface area contributed by atoms with Crippen LogP contribution in [0.1, 0.15) is 31.8 Å². The van der Waals surface area contributed by atoms with Crippen molar-refractivity contribution in [1.29, 1.82) is 0 Å². The van der Waals surface area contributed by atoms with Crippen molar-refractivity contribution in [1.82, 2.24) is 10.2 Å². The first kappa shape index (κ1) is 12.8. The van der Waals surface area contributed by atoms with Crippen molar-refractivity contribution in [2.24, 2.45) is 0 Å². The third-order valence-corrected chi connectivity index (χ3v) is 2.71. The fraction of sp³-hybridized carbons (Fsp3) is 0.154. The van der Waals surface area contributed by atoms with Crippen LogP contribution in [0.15, 0.2) is 24.5 Å². The molecule has 0 aliphatic carbocycles. The molecule has 0 bridgehead atoms. The lowest BCUT2D eigenvalue weighted by atomic mass is 10.0. The van der Waals surface area contributed by atoms with Crippen molar-refractivity contribution in [2.75, 3.05) is 5.32 Å². The number of aryl methyl sites for hydroxylation is 2. The Labute approximate surface area is 109 Å². The van der Waals surface area contributed by atoms with Crippen molar-refractivity contribution in [3.8, 4) is 0 Å². The summed E-state index contributed by atoms with van der Waals surface area (Å²) in [6, 6.07) is 3.34. The molecule has 0 aliphatic heterocycles. The maximum absolute atomic E-state index is 11.9. The minimum Gasteiger partial charge on any atom is -0.478 e. The molecule has 98 valence electrons. The Morgan fingerprint density at radius 1 is 1.32 bits per heavy atom. The summed E-state index contributed by atoms with van der Waals surface area (Å²) in [7, 11) is 0. The zero-order chi connectivity index (χ0) is 14.0. The second-order valence-electron chi connectivity index (χ2n) is 4.25. The minimum atomic E-state index is -1.07. The molecule has 1 heterocycles. The maximum Gasteiger partial charge on any atom is 0.337 e.